The molecule has 0 radical (unpaired) electrons. The standard InChI is InChI=1S/C13H23NO3/c1-12(2,3)17-11(15)14-8-6-5-7-10(14)13(4)9-16-13/h10H,5-9H2,1-4H3/t10-,13-/m0/s1. The second-order valence-electron chi connectivity index (χ2n) is 6.29. The van der Waals surface area contributed by atoms with Crippen LogP contribution in [0.5, 0.6) is 0 Å². The molecule has 2 saturated heterocycles. The summed E-state index contributed by atoms with van der Waals surface area (Å²) in [6.45, 7) is 9.34. The number of carbonyl (C=O) groups excluding carboxylic acids is 1. The highest BCUT2D eigenvalue weighted by Gasteiger charge is 2.51. The molecule has 0 bridgehead atoms. The van der Waals surface area contributed by atoms with Gasteiger partial charge in [-0.3, -0.25) is 0 Å². The molecule has 0 aromatic carbocycles. The summed E-state index contributed by atoms with van der Waals surface area (Å²) in [5.74, 6) is 0. The number of nitrogens with zero attached hydrogens (tertiary/aromatic N) is 1. The maximum absolute atomic E-state index is 12.1. The van der Waals surface area contributed by atoms with E-state index in [4.69, 9.17) is 9.47 Å². The van der Waals surface area contributed by atoms with Gasteiger partial charge in [-0.1, -0.05) is 0 Å². The minimum Gasteiger partial charge on any atom is -0.444 e. The summed E-state index contributed by atoms with van der Waals surface area (Å²) >= 11 is 0. The van der Waals surface area contributed by atoms with Gasteiger partial charge in [-0.2, -0.15) is 0 Å². The summed E-state index contributed by atoms with van der Waals surface area (Å²) in [5, 5.41) is 0. The second kappa shape index (κ2) is 4.16. The predicted molar refractivity (Wildman–Crippen MR) is 64.9 cm³/mol. The lowest BCUT2D eigenvalue weighted by Crippen LogP contribution is -2.52. The number of piperidine rings is 1. The lowest BCUT2D eigenvalue weighted by Gasteiger charge is -2.38. The molecule has 98 valence electrons. The number of epoxide rings is 1. The molecule has 2 aliphatic heterocycles. The number of likely N-dealkylation sites (tertiary alicyclic amines) is 1. The Bertz CT molecular complexity index is 304. The first kappa shape index (κ1) is 12.7. The van der Waals surface area contributed by atoms with Gasteiger partial charge in [0, 0.05) is 6.54 Å². The fourth-order valence-corrected chi connectivity index (χ4v) is 2.41. The Morgan fingerprint density at radius 2 is 2.06 bits per heavy atom. The van der Waals surface area contributed by atoms with Crippen LogP contribution < -0.4 is 0 Å². The Morgan fingerprint density at radius 3 is 2.59 bits per heavy atom. The van der Waals surface area contributed by atoms with Gasteiger partial charge in [0.2, 0.25) is 0 Å². The van der Waals surface area contributed by atoms with E-state index in [2.05, 4.69) is 6.92 Å². The number of rotatable bonds is 1. The van der Waals surface area contributed by atoms with Crippen molar-refractivity contribution in [2.24, 2.45) is 0 Å². The molecule has 2 atom stereocenters. The van der Waals surface area contributed by atoms with Gasteiger partial charge in [0.1, 0.15) is 11.2 Å². The van der Waals surface area contributed by atoms with Gasteiger partial charge in [-0.05, 0) is 47.0 Å². The molecule has 0 aliphatic carbocycles. The minimum atomic E-state index is -0.426. The molecule has 2 heterocycles. The zero-order valence-electron chi connectivity index (χ0n) is 11.3. The molecule has 2 aliphatic rings. The van der Waals surface area contributed by atoms with E-state index in [1.165, 1.54) is 6.42 Å². The molecule has 17 heavy (non-hydrogen) atoms. The first-order valence-corrected chi connectivity index (χ1v) is 6.45. The van der Waals surface area contributed by atoms with E-state index in [-0.39, 0.29) is 17.7 Å². The monoisotopic (exact) mass is 241 g/mol. The molecule has 2 rings (SSSR count). The van der Waals surface area contributed by atoms with Crippen LogP contribution in [0.3, 0.4) is 0 Å². The summed E-state index contributed by atoms with van der Waals surface area (Å²) in [6.07, 6.45) is 3.06. The Hall–Kier alpha value is -0.770. The molecule has 0 aromatic heterocycles. The normalized spacial score (nSPS) is 33.4. The summed E-state index contributed by atoms with van der Waals surface area (Å²) in [6, 6.07) is 0.186. The largest absolute Gasteiger partial charge is 0.444 e. The van der Waals surface area contributed by atoms with Crippen molar-refractivity contribution < 1.29 is 14.3 Å². The fourth-order valence-electron chi connectivity index (χ4n) is 2.41. The molecule has 0 saturated carbocycles. The zero-order chi connectivity index (χ0) is 12.7. The van der Waals surface area contributed by atoms with Crippen molar-refractivity contribution in [1.29, 1.82) is 0 Å². The smallest absolute Gasteiger partial charge is 0.410 e. The minimum absolute atomic E-state index is 0.128. The van der Waals surface area contributed by atoms with Gasteiger partial charge < -0.3 is 14.4 Å². The van der Waals surface area contributed by atoms with Crippen LogP contribution >= 0.6 is 0 Å². The van der Waals surface area contributed by atoms with E-state index in [9.17, 15) is 4.79 Å². The highest BCUT2D eigenvalue weighted by molar-refractivity contribution is 5.69. The van der Waals surface area contributed by atoms with Crippen LogP contribution in [0.2, 0.25) is 0 Å². The molecule has 0 N–H and O–H groups in total. The summed E-state index contributed by atoms with van der Waals surface area (Å²) in [4.78, 5) is 14.0. The highest BCUT2D eigenvalue weighted by Crippen LogP contribution is 2.38. The Labute approximate surface area is 103 Å². The van der Waals surface area contributed by atoms with Crippen LogP contribution in [0.4, 0.5) is 4.79 Å². The van der Waals surface area contributed by atoms with Gasteiger partial charge in [0.25, 0.3) is 0 Å². The molecule has 0 unspecified atom stereocenters. The molecule has 2 fully saturated rings. The van der Waals surface area contributed by atoms with Crippen LogP contribution in [0.1, 0.15) is 47.0 Å². The molecule has 1 amide bonds. The molecule has 4 heteroatoms. The topological polar surface area (TPSA) is 42.1 Å². The molecular weight excluding hydrogens is 218 g/mol. The molecule has 4 nitrogen and oxygen atoms in total. The van der Waals surface area contributed by atoms with E-state index in [1.807, 2.05) is 25.7 Å². The van der Waals surface area contributed by atoms with E-state index >= 15 is 0 Å². The van der Waals surface area contributed by atoms with E-state index in [0.29, 0.717) is 0 Å². The third-order valence-electron chi connectivity index (χ3n) is 3.44. The molecular formula is C13H23NO3. The molecule has 0 spiro atoms. The Morgan fingerprint density at radius 1 is 1.41 bits per heavy atom. The summed E-state index contributed by atoms with van der Waals surface area (Å²) in [7, 11) is 0. The average molecular weight is 241 g/mol. The summed E-state index contributed by atoms with van der Waals surface area (Å²) < 4.78 is 11.0. The fraction of sp³-hybridized carbons (Fsp3) is 0.923. The third kappa shape index (κ3) is 2.92. The zero-order valence-corrected chi connectivity index (χ0v) is 11.3. The van der Waals surface area contributed by atoms with Gasteiger partial charge in [-0.15, -0.1) is 0 Å². The maximum atomic E-state index is 12.1. The number of hydrogen-bond donors (Lipinski definition) is 0. The first-order chi connectivity index (χ1) is 7.82. The summed E-state index contributed by atoms with van der Waals surface area (Å²) in [5.41, 5.74) is -0.554. The van der Waals surface area contributed by atoms with E-state index < -0.39 is 5.60 Å². The number of amides is 1. The SMILES string of the molecule is CC(C)(C)OC(=O)N1CCCC[C@H]1[C@]1(C)CO1. The van der Waals surface area contributed by atoms with Crippen molar-refractivity contribution in [3.8, 4) is 0 Å². The van der Waals surface area contributed by atoms with Crippen molar-refractivity contribution in [3.05, 3.63) is 0 Å². The van der Waals surface area contributed by atoms with Crippen molar-refractivity contribution in [2.45, 2.75) is 64.2 Å². The van der Waals surface area contributed by atoms with Gasteiger partial charge in [0.15, 0.2) is 0 Å². The number of hydrogen-bond acceptors (Lipinski definition) is 3. The second-order valence-corrected chi connectivity index (χ2v) is 6.29. The van der Waals surface area contributed by atoms with Crippen LogP contribution in [-0.2, 0) is 9.47 Å². The third-order valence-corrected chi connectivity index (χ3v) is 3.44. The van der Waals surface area contributed by atoms with E-state index in [0.717, 1.165) is 26.0 Å². The van der Waals surface area contributed by atoms with E-state index in [1.54, 1.807) is 0 Å². The maximum Gasteiger partial charge on any atom is 0.410 e. The number of carbonyl (C=O) groups is 1. The average Bonchev–Trinajstić information content (AvgIpc) is 2.95. The van der Waals surface area contributed by atoms with Gasteiger partial charge in [0.05, 0.1) is 12.6 Å². The van der Waals surface area contributed by atoms with Crippen LogP contribution in [0.15, 0.2) is 0 Å². The van der Waals surface area contributed by atoms with Crippen molar-refractivity contribution in [1.82, 2.24) is 4.90 Å². The molecule has 0 aromatic rings. The van der Waals surface area contributed by atoms with Gasteiger partial charge in [-0.25, -0.2) is 4.79 Å². The quantitative estimate of drug-likeness (QED) is 0.663. The van der Waals surface area contributed by atoms with Crippen molar-refractivity contribution in [2.75, 3.05) is 13.2 Å². The van der Waals surface area contributed by atoms with Crippen molar-refractivity contribution in [3.63, 3.8) is 0 Å². The van der Waals surface area contributed by atoms with Crippen molar-refractivity contribution >= 4 is 6.09 Å². The predicted octanol–water partition coefficient (Wildman–Crippen LogP) is 2.56. The Kier molecular flexibility index (Phi) is 3.10. The lowest BCUT2D eigenvalue weighted by molar-refractivity contribution is -0.00134. The van der Waals surface area contributed by atoms with Crippen LogP contribution in [0, 0.1) is 0 Å². The first-order valence-electron chi connectivity index (χ1n) is 6.45. The Balaban J connectivity index is 2.03. The highest BCUT2D eigenvalue weighted by atomic mass is 16.6. The van der Waals surface area contributed by atoms with Gasteiger partial charge >= 0.3 is 6.09 Å². The van der Waals surface area contributed by atoms with Crippen LogP contribution in [0.25, 0.3) is 0 Å². The lowest BCUT2D eigenvalue weighted by atomic mass is 9.92. The van der Waals surface area contributed by atoms with Crippen LogP contribution in [-0.4, -0.2) is 41.4 Å². The number of ether oxygens (including phenoxy) is 2.